The first-order valence-corrected chi connectivity index (χ1v) is 9.65. The van der Waals surface area contributed by atoms with Crippen molar-refractivity contribution in [2.24, 2.45) is 0 Å². The zero-order valence-corrected chi connectivity index (χ0v) is 16.2. The van der Waals surface area contributed by atoms with Crippen molar-refractivity contribution in [1.82, 2.24) is 19.8 Å². The number of nitrogens with zero attached hydrogens (tertiary/aromatic N) is 3. The van der Waals surface area contributed by atoms with E-state index in [2.05, 4.69) is 29.2 Å². The van der Waals surface area contributed by atoms with Gasteiger partial charge < -0.3 is 10.2 Å². The van der Waals surface area contributed by atoms with Gasteiger partial charge >= 0.3 is 0 Å². The van der Waals surface area contributed by atoms with Gasteiger partial charge in [0.2, 0.25) is 0 Å². The number of benzene rings is 1. The Morgan fingerprint density at radius 1 is 1.23 bits per heavy atom. The third-order valence-electron chi connectivity index (χ3n) is 4.63. The maximum absolute atomic E-state index is 13.2. The van der Waals surface area contributed by atoms with Gasteiger partial charge in [0.25, 0.3) is 5.56 Å². The van der Waals surface area contributed by atoms with Crippen molar-refractivity contribution < 1.29 is 4.39 Å². The van der Waals surface area contributed by atoms with Crippen molar-refractivity contribution in [3.8, 4) is 0 Å². The minimum Gasteiger partial charge on any atom is -0.315 e. The molecule has 1 saturated heterocycles. The average molecular weight is 362 g/mol. The van der Waals surface area contributed by atoms with E-state index in [0.29, 0.717) is 17.4 Å². The van der Waals surface area contributed by atoms with Gasteiger partial charge in [-0.25, -0.2) is 9.37 Å². The standard InChI is InChI=1S/C14H17FN2O.C6H14N2/c1-3-5-6-13-16-12-8-7-10(15)9-11(12)14(18)17(13)4-2;1-8-5-2-3-7-4-6-8/h7-9H,3-6H2,1-2H3;7H,2-6H2,1H3. The molecule has 1 aliphatic heterocycles. The summed E-state index contributed by atoms with van der Waals surface area (Å²) in [5, 5.41) is 3.69. The zero-order chi connectivity index (χ0) is 18.9. The molecule has 1 N–H and O–H groups in total. The van der Waals surface area contributed by atoms with Crippen LogP contribution in [0.4, 0.5) is 4.39 Å². The first-order valence-electron chi connectivity index (χ1n) is 9.65. The molecule has 1 aromatic carbocycles. The Morgan fingerprint density at radius 2 is 2.04 bits per heavy atom. The third kappa shape index (κ3) is 5.61. The Labute approximate surface area is 155 Å². The molecule has 0 bridgehead atoms. The summed E-state index contributed by atoms with van der Waals surface area (Å²) in [4.78, 5) is 19.1. The normalized spacial score (nSPS) is 15.4. The number of fused-ring (bicyclic) bond motifs is 1. The van der Waals surface area contributed by atoms with Crippen LogP contribution < -0.4 is 10.9 Å². The maximum Gasteiger partial charge on any atom is 0.261 e. The van der Waals surface area contributed by atoms with Crippen LogP contribution in [-0.4, -0.2) is 47.7 Å². The highest BCUT2D eigenvalue weighted by atomic mass is 19.1. The second-order valence-electron chi connectivity index (χ2n) is 6.75. The fraction of sp³-hybridized carbons (Fsp3) is 0.600. The largest absolute Gasteiger partial charge is 0.315 e. The van der Waals surface area contributed by atoms with E-state index in [4.69, 9.17) is 0 Å². The number of hydrogen-bond donors (Lipinski definition) is 1. The smallest absolute Gasteiger partial charge is 0.261 e. The van der Waals surface area contributed by atoms with Gasteiger partial charge in [0.15, 0.2) is 0 Å². The predicted molar refractivity (Wildman–Crippen MR) is 105 cm³/mol. The van der Waals surface area contributed by atoms with Crippen LogP contribution in [0.1, 0.15) is 38.9 Å². The predicted octanol–water partition coefficient (Wildman–Crippen LogP) is 2.81. The Hall–Kier alpha value is -1.79. The summed E-state index contributed by atoms with van der Waals surface area (Å²) in [5.41, 5.74) is 0.435. The fourth-order valence-corrected chi connectivity index (χ4v) is 3.07. The average Bonchev–Trinajstić information content (AvgIpc) is 2.89. The molecule has 26 heavy (non-hydrogen) atoms. The van der Waals surface area contributed by atoms with Crippen molar-refractivity contribution >= 4 is 10.9 Å². The molecule has 0 atom stereocenters. The molecule has 1 aromatic heterocycles. The van der Waals surface area contributed by atoms with Crippen LogP contribution in [0.5, 0.6) is 0 Å². The summed E-state index contributed by atoms with van der Waals surface area (Å²) < 4.78 is 14.8. The summed E-state index contributed by atoms with van der Waals surface area (Å²) in [6.45, 7) is 9.40. The molecule has 0 aliphatic carbocycles. The van der Waals surface area contributed by atoms with Crippen LogP contribution >= 0.6 is 0 Å². The van der Waals surface area contributed by atoms with Gasteiger partial charge in [-0.15, -0.1) is 0 Å². The summed E-state index contributed by atoms with van der Waals surface area (Å²) in [7, 11) is 2.17. The molecular weight excluding hydrogens is 331 g/mol. The van der Waals surface area contributed by atoms with E-state index in [1.54, 1.807) is 10.6 Å². The lowest BCUT2D eigenvalue weighted by atomic mass is 10.2. The molecule has 6 heteroatoms. The molecule has 1 fully saturated rings. The van der Waals surface area contributed by atoms with Crippen molar-refractivity contribution in [2.45, 2.75) is 46.1 Å². The molecular formula is C20H31FN4O. The highest BCUT2D eigenvalue weighted by molar-refractivity contribution is 5.77. The van der Waals surface area contributed by atoms with E-state index in [-0.39, 0.29) is 5.56 Å². The number of nitrogens with one attached hydrogen (secondary N) is 1. The fourth-order valence-electron chi connectivity index (χ4n) is 3.07. The molecule has 2 heterocycles. The first kappa shape index (κ1) is 20.5. The molecule has 0 spiro atoms. The number of aromatic nitrogens is 2. The SMILES string of the molecule is CCCCc1nc2ccc(F)cc2c(=O)n1CC.CN1CCCNCC1. The number of likely N-dealkylation sites (N-methyl/N-ethyl adjacent to an activating group) is 1. The van der Waals surface area contributed by atoms with Crippen molar-refractivity contribution in [2.75, 3.05) is 33.2 Å². The van der Waals surface area contributed by atoms with Crippen LogP contribution in [-0.2, 0) is 13.0 Å². The molecule has 0 saturated carbocycles. The van der Waals surface area contributed by atoms with Gasteiger partial charge in [-0.05, 0) is 58.1 Å². The van der Waals surface area contributed by atoms with Gasteiger partial charge in [0, 0.05) is 26.1 Å². The van der Waals surface area contributed by atoms with Gasteiger partial charge in [-0.2, -0.15) is 0 Å². The van der Waals surface area contributed by atoms with Crippen LogP contribution in [0.2, 0.25) is 0 Å². The van der Waals surface area contributed by atoms with E-state index < -0.39 is 5.82 Å². The molecule has 0 unspecified atom stereocenters. The number of rotatable bonds is 4. The Kier molecular flexibility index (Phi) is 8.19. The summed E-state index contributed by atoms with van der Waals surface area (Å²) in [6, 6.07) is 4.18. The van der Waals surface area contributed by atoms with Crippen molar-refractivity contribution in [3.05, 3.63) is 40.2 Å². The lowest BCUT2D eigenvalue weighted by Gasteiger charge is -2.11. The van der Waals surface area contributed by atoms with Crippen molar-refractivity contribution in [3.63, 3.8) is 0 Å². The van der Waals surface area contributed by atoms with Crippen molar-refractivity contribution in [1.29, 1.82) is 0 Å². The Balaban J connectivity index is 0.000000254. The Bertz CT molecular complexity index is 751. The highest BCUT2D eigenvalue weighted by Gasteiger charge is 2.10. The molecule has 144 valence electrons. The van der Waals surface area contributed by atoms with Crippen LogP contribution in [0, 0.1) is 5.82 Å². The number of halogens is 1. The van der Waals surface area contributed by atoms with E-state index in [9.17, 15) is 9.18 Å². The Morgan fingerprint density at radius 3 is 2.77 bits per heavy atom. The first-order chi connectivity index (χ1) is 12.6. The second-order valence-corrected chi connectivity index (χ2v) is 6.75. The minimum absolute atomic E-state index is 0.145. The lowest BCUT2D eigenvalue weighted by molar-refractivity contribution is 0.358. The van der Waals surface area contributed by atoms with Gasteiger partial charge in [-0.3, -0.25) is 9.36 Å². The quantitative estimate of drug-likeness (QED) is 0.909. The lowest BCUT2D eigenvalue weighted by Crippen LogP contribution is -2.24. The van der Waals surface area contributed by atoms with Gasteiger partial charge in [0.05, 0.1) is 10.9 Å². The third-order valence-corrected chi connectivity index (χ3v) is 4.63. The maximum atomic E-state index is 13.2. The summed E-state index contributed by atoms with van der Waals surface area (Å²) >= 11 is 0. The number of hydrogen-bond acceptors (Lipinski definition) is 4. The molecule has 1 aliphatic rings. The molecule has 2 aromatic rings. The van der Waals surface area contributed by atoms with Crippen LogP contribution in [0.3, 0.4) is 0 Å². The second kappa shape index (κ2) is 10.4. The molecule has 0 amide bonds. The molecule has 5 nitrogen and oxygen atoms in total. The zero-order valence-electron chi connectivity index (χ0n) is 16.2. The molecule has 0 radical (unpaired) electrons. The van der Waals surface area contributed by atoms with Crippen LogP contribution in [0.15, 0.2) is 23.0 Å². The van der Waals surface area contributed by atoms with E-state index in [1.807, 2.05) is 6.92 Å². The summed E-state index contributed by atoms with van der Waals surface area (Å²) in [6.07, 6.45) is 4.14. The van der Waals surface area contributed by atoms with E-state index >= 15 is 0 Å². The highest BCUT2D eigenvalue weighted by Crippen LogP contribution is 2.12. The number of aryl methyl sites for hydroxylation is 1. The topological polar surface area (TPSA) is 50.2 Å². The summed E-state index contributed by atoms with van der Waals surface area (Å²) in [5.74, 6) is 0.397. The minimum atomic E-state index is -0.398. The monoisotopic (exact) mass is 362 g/mol. The van der Waals surface area contributed by atoms with Gasteiger partial charge in [-0.1, -0.05) is 13.3 Å². The van der Waals surface area contributed by atoms with E-state index in [1.165, 1.54) is 38.2 Å². The van der Waals surface area contributed by atoms with Crippen LogP contribution in [0.25, 0.3) is 10.9 Å². The number of unbranched alkanes of at least 4 members (excludes halogenated alkanes) is 1. The molecule has 3 rings (SSSR count). The van der Waals surface area contributed by atoms with Gasteiger partial charge in [0.1, 0.15) is 11.6 Å². The van der Waals surface area contributed by atoms with E-state index in [0.717, 1.165) is 31.6 Å².